The first kappa shape index (κ1) is 18.1. The highest BCUT2D eigenvalue weighted by atomic mass is 16.2. The highest BCUT2D eigenvalue weighted by Crippen LogP contribution is 2.57. The topological polar surface area (TPSA) is 60.0 Å². The van der Waals surface area contributed by atoms with Gasteiger partial charge in [-0.25, -0.2) is 0 Å². The van der Waals surface area contributed by atoms with Crippen LogP contribution in [0.2, 0.25) is 0 Å². The van der Waals surface area contributed by atoms with Crippen LogP contribution >= 0.6 is 0 Å². The van der Waals surface area contributed by atoms with Crippen LogP contribution in [-0.4, -0.2) is 73.5 Å². The minimum absolute atomic E-state index is 0.192. The van der Waals surface area contributed by atoms with Crippen LogP contribution in [0.25, 0.3) is 0 Å². The van der Waals surface area contributed by atoms with Crippen LogP contribution in [0.3, 0.4) is 0 Å². The molecule has 26 heavy (non-hydrogen) atoms. The Hall–Kier alpha value is -1.30. The molecule has 0 radical (unpaired) electrons. The van der Waals surface area contributed by atoms with E-state index in [-0.39, 0.29) is 5.91 Å². The van der Waals surface area contributed by atoms with E-state index in [0.29, 0.717) is 18.0 Å². The second kappa shape index (κ2) is 7.75. The van der Waals surface area contributed by atoms with Gasteiger partial charge >= 0.3 is 0 Å². The molecule has 2 N–H and O–H groups in total. The van der Waals surface area contributed by atoms with Crippen molar-refractivity contribution in [1.29, 1.82) is 0 Å². The predicted octanol–water partition coefficient (Wildman–Crippen LogP) is 1.43. The summed E-state index contributed by atoms with van der Waals surface area (Å²) in [7, 11) is 0. The van der Waals surface area contributed by atoms with E-state index >= 15 is 0 Å². The van der Waals surface area contributed by atoms with Crippen molar-refractivity contribution in [3.8, 4) is 0 Å². The number of hydrogen-bond donors (Lipinski definition) is 2. The maximum Gasteiger partial charge on any atom is 0.234 e. The van der Waals surface area contributed by atoms with Gasteiger partial charge in [0.2, 0.25) is 5.91 Å². The Morgan fingerprint density at radius 2 is 1.85 bits per heavy atom. The van der Waals surface area contributed by atoms with Crippen molar-refractivity contribution >= 4 is 11.9 Å². The number of aliphatic imine (C=N–C) groups is 1. The molecule has 1 amide bonds. The van der Waals surface area contributed by atoms with Crippen molar-refractivity contribution < 1.29 is 4.79 Å². The Kier molecular flexibility index (Phi) is 5.39. The quantitative estimate of drug-likeness (QED) is 0.532. The zero-order valence-corrected chi connectivity index (χ0v) is 16.3. The summed E-state index contributed by atoms with van der Waals surface area (Å²) >= 11 is 0. The molecule has 0 bridgehead atoms. The molecule has 0 spiro atoms. The lowest BCUT2D eigenvalue weighted by Crippen LogP contribution is -2.54. The van der Waals surface area contributed by atoms with Crippen molar-refractivity contribution in [3.63, 3.8) is 0 Å². The third-order valence-electron chi connectivity index (χ3n) is 6.65. The molecule has 0 aromatic rings. The Labute approximate surface area is 157 Å². The summed E-state index contributed by atoms with van der Waals surface area (Å²) in [5.41, 5.74) is 0.531. The normalized spacial score (nSPS) is 26.3. The molecule has 0 atom stereocenters. The fourth-order valence-electron chi connectivity index (χ4n) is 4.50. The Bertz CT molecular complexity index is 528. The first-order chi connectivity index (χ1) is 12.7. The van der Waals surface area contributed by atoms with Gasteiger partial charge in [-0.2, -0.15) is 0 Å². The van der Waals surface area contributed by atoms with Crippen molar-refractivity contribution in [2.75, 3.05) is 45.8 Å². The molecular formula is C20H35N5O. The first-order valence-corrected chi connectivity index (χ1v) is 10.7. The second-order valence-corrected chi connectivity index (χ2v) is 8.77. The van der Waals surface area contributed by atoms with E-state index in [1.54, 1.807) is 0 Å². The molecule has 0 aromatic heterocycles. The maximum atomic E-state index is 12.0. The Morgan fingerprint density at radius 1 is 1.12 bits per heavy atom. The molecule has 0 aromatic carbocycles. The van der Waals surface area contributed by atoms with E-state index < -0.39 is 0 Å². The standard InChI is InChI=1S/C20H35N5O/c1-2-21-19(22-15-20(8-3-9-20)16-4-5-16)25-12-10-24(11-13-25)14-18(26)23-17-6-7-17/h16-17H,2-15H2,1H3,(H,21,22)(H,23,26). The largest absolute Gasteiger partial charge is 0.357 e. The van der Waals surface area contributed by atoms with E-state index in [1.165, 1.54) is 32.1 Å². The molecule has 4 fully saturated rings. The van der Waals surface area contributed by atoms with Crippen LogP contribution in [0, 0.1) is 11.3 Å². The van der Waals surface area contributed by atoms with E-state index in [2.05, 4.69) is 27.4 Å². The van der Waals surface area contributed by atoms with Gasteiger partial charge in [-0.15, -0.1) is 0 Å². The number of hydrogen-bond acceptors (Lipinski definition) is 3. The highest BCUT2D eigenvalue weighted by Gasteiger charge is 2.48. The predicted molar refractivity (Wildman–Crippen MR) is 104 cm³/mol. The van der Waals surface area contributed by atoms with E-state index in [1.807, 2.05) is 0 Å². The SMILES string of the molecule is CCNC(=NCC1(C2CC2)CCC1)N1CCN(CC(=O)NC2CC2)CC1. The summed E-state index contributed by atoms with van der Waals surface area (Å²) < 4.78 is 0. The number of piperazine rings is 1. The summed E-state index contributed by atoms with van der Waals surface area (Å²) in [6.45, 7) is 8.41. The molecule has 3 saturated carbocycles. The van der Waals surface area contributed by atoms with Gasteiger partial charge in [-0.05, 0) is 56.8 Å². The third-order valence-corrected chi connectivity index (χ3v) is 6.65. The summed E-state index contributed by atoms with van der Waals surface area (Å²) in [6.07, 6.45) is 9.31. The minimum Gasteiger partial charge on any atom is -0.357 e. The molecule has 6 heteroatoms. The molecule has 4 aliphatic rings. The third kappa shape index (κ3) is 4.33. The zero-order valence-electron chi connectivity index (χ0n) is 16.3. The summed E-state index contributed by atoms with van der Waals surface area (Å²) in [5, 5.41) is 6.59. The van der Waals surface area contributed by atoms with Gasteiger partial charge in [0.25, 0.3) is 0 Å². The summed E-state index contributed by atoms with van der Waals surface area (Å²) in [4.78, 5) is 21.7. The lowest BCUT2D eigenvalue weighted by atomic mass is 9.65. The van der Waals surface area contributed by atoms with Crippen molar-refractivity contribution in [1.82, 2.24) is 20.4 Å². The van der Waals surface area contributed by atoms with E-state index in [4.69, 9.17) is 4.99 Å². The first-order valence-electron chi connectivity index (χ1n) is 10.7. The zero-order chi connectivity index (χ0) is 18.0. The number of nitrogens with zero attached hydrogens (tertiary/aromatic N) is 3. The molecule has 3 aliphatic carbocycles. The van der Waals surface area contributed by atoms with Crippen LogP contribution in [0.1, 0.15) is 51.9 Å². The van der Waals surface area contributed by atoms with Crippen molar-refractivity contribution in [3.05, 3.63) is 0 Å². The van der Waals surface area contributed by atoms with E-state index in [9.17, 15) is 4.79 Å². The van der Waals surface area contributed by atoms with Crippen LogP contribution in [0.5, 0.6) is 0 Å². The highest BCUT2D eigenvalue weighted by molar-refractivity contribution is 5.80. The molecule has 0 unspecified atom stereocenters. The fourth-order valence-corrected chi connectivity index (χ4v) is 4.50. The number of carbonyl (C=O) groups is 1. The molecule has 1 saturated heterocycles. The average molecular weight is 362 g/mol. The van der Waals surface area contributed by atoms with Gasteiger partial charge in [-0.3, -0.25) is 14.7 Å². The van der Waals surface area contributed by atoms with E-state index in [0.717, 1.165) is 64.0 Å². The molecule has 6 nitrogen and oxygen atoms in total. The summed E-state index contributed by atoms with van der Waals surface area (Å²) in [5.74, 6) is 2.23. The number of guanidine groups is 1. The summed E-state index contributed by atoms with van der Waals surface area (Å²) in [6, 6.07) is 0.460. The number of rotatable bonds is 7. The Morgan fingerprint density at radius 3 is 2.38 bits per heavy atom. The van der Waals surface area contributed by atoms with Crippen LogP contribution in [-0.2, 0) is 4.79 Å². The van der Waals surface area contributed by atoms with Gasteiger partial charge in [0.05, 0.1) is 6.54 Å². The average Bonchev–Trinajstić information content (AvgIpc) is 3.48. The Balaban J connectivity index is 1.27. The molecule has 1 heterocycles. The lowest BCUT2D eigenvalue weighted by molar-refractivity contribution is -0.122. The fraction of sp³-hybridized carbons (Fsp3) is 0.900. The minimum atomic E-state index is 0.192. The molecular weight excluding hydrogens is 326 g/mol. The van der Waals surface area contributed by atoms with Crippen LogP contribution < -0.4 is 10.6 Å². The monoisotopic (exact) mass is 361 g/mol. The van der Waals surface area contributed by atoms with Crippen molar-refractivity contribution in [2.24, 2.45) is 16.3 Å². The van der Waals surface area contributed by atoms with Gasteiger partial charge in [0, 0.05) is 45.3 Å². The molecule has 1 aliphatic heterocycles. The van der Waals surface area contributed by atoms with Gasteiger partial charge < -0.3 is 15.5 Å². The number of carbonyl (C=O) groups excluding carboxylic acids is 1. The number of amides is 1. The second-order valence-electron chi connectivity index (χ2n) is 8.77. The van der Waals surface area contributed by atoms with Crippen molar-refractivity contribution in [2.45, 2.75) is 57.9 Å². The smallest absolute Gasteiger partial charge is 0.234 e. The molecule has 4 rings (SSSR count). The lowest BCUT2D eigenvalue weighted by Gasteiger charge is -2.42. The maximum absolute atomic E-state index is 12.0. The van der Waals surface area contributed by atoms with Gasteiger partial charge in [0.1, 0.15) is 0 Å². The van der Waals surface area contributed by atoms with Crippen LogP contribution in [0.15, 0.2) is 4.99 Å². The number of nitrogens with one attached hydrogen (secondary N) is 2. The van der Waals surface area contributed by atoms with Gasteiger partial charge in [-0.1, -0.05) is 6.42 Å². The van der Waals surface area contributed by atoms with Crippen LogP contribution in [0.4, 0.5) is 0 Å². The van der Waals surface area contributed by atoms with Gasteiger partial charge in [0.15, 0.2) is 5.96 Å². The molecule has 146 valence electrons.